The molecule has 134 valence electrons. The van der Waals surface area contributed by atoms with Gasteiger partial charge in [0.15, 0.2) is 0 Å². The summed E-state index contributed by atoms with van der Waals surface area (Å²) in [5.41, 5.74) is 1.22. The average molecular weight is 340 g/mol. The molecule has 0 aromatic heterocycles. The summed E-state index contributed by atoms with van der Waals surface area (Å²) in [6.07, 6.45) is 1.24. The van der Waals surface area contributed by atoms with Gasteiger partial charge in [-0.3, -0.25) is 4.90 Å². The van der Waals surface area contributed by atoms with E-state index in [1.165, 1.54) is 5.56 Å². The topological polar surface area (TPSA) is 24.9 Å². The normalized spacial score (nSPS) is 20.9. The van der Waals surface area contributed by atoms with Crippen LogP contribution in [-0.4, -0.2) is 56.2 Å². The molecule has 0 aliphatic carbocycles. The number of nitrogens with zero attached hydrogens (tertiary/aromatic N) is 2. The molecule has 1 aliphatic rings. The van der Waals surface area contributed by atoms with Crippen molar-refractivity contribution in [2.75, 3.05) is 40.3 Å². The molecule has 1 aliphatic heterocycles. The van der Waals surface area contributed by atoms with Gasteiger partial charge in [-0.1, -0.05) is 48.5 Å². The van der Waals surface area contributed by atoms with Gasteiger partial charge in [0.25, 0.3) is 0 Å². The first-order valence-electron chi connectivity index (χ1n) is 8.99. The summed E-state index contributed by atoms with van der Waals surface area (Å²) in [5, 5.41) is 0. The van der Waals surface area contributed by atoms with Crippen molar-refractivity contribution in [2.24, 2.45) is 0 Å². The Morgan fingerprint density at radius 2 is 1.72 bits per heavy atom. The standard InChI is InChI=1S/C21H28N2O2/c1-22(2)14-9-15-23-16-20(17-24-19-12-7-4-8-13-19)25-21(23)18-10-5-3-6-11-18/h3-8,10-13,20-21H,9,14-17H2,1-2H3. The zero-order valence-corrected chi connectivity index (χ0v) is 15.2. The highest BCUT2D eigenvalue weighted by Gasteiger charge is 2.33. The van der Waals surface area contributed by atoms with Gasteiger partial charge in [-0.25, -0.2) is 0 Å². The van der Waals surface area contributed by atoms with Crippen LogP contribution in [0.4, 0.5) is 0 Å². The lowest BCUT2D eigenvalue weighted by atomic mass is 10.2. The van der Waals surface area contributed by atoms with Gasteiger partial charge in [0.2, 0.25) is 0 Å². The Bertz CT molecular complexity index is 618. The van der Waals surface area contributed by atoms with Gasteiger partial charge in [-0.15, -0.1) is 0 Å². The van der Waals surface area contributed by atoms with E-state index in [0.29, 0.717) is 6.61 Å². The molecule has 0 saturated carbocycles. The summed E-state index contributed by atoms with van der Waals surface area (Å²) < 4.78 is 12.2. The predicted octanol–water partition coefficient (Wildman–Crippen LogP) is 3.42. The highest BCUT2D eigenvalue weighted by Crippen LogP contribution is 2.30. The van der Waals surface area contributed by atoms with Crippen molar-refractivity contribution in [1.82, 2.24) is 9.80 Å². The Hall–Kier alpha value is -1.88. The molecule has 4 nitrogen and oxygen atoms in total. The third-order valence-corrected chi connectivity index (χ3v) is 4.41. The van der Waals surface area contributed by atoms with E-state index in [4.69, 9.17) is 9.47 Å². The van der Waals surface area contributed by atoms with Gasteiger partial charge >= 0.3 is 0 Å². The van der Waals surface area contributed by atoms with E-state index in [9.17, 15) is 0 Å². The molecule has 0 bridgehead atoms. The van der Waals surface area contributed by atoms with Gasteiger partial charge < -0.3 is 14.4 Å². The summed E-state index contributed by atoms with van der Waals surface area (Å²) in [5.74, 6) is 0.897. The number of hydrogen-bond donors (Lipinski definition) is 0. The van der Waals surface area contributed by atoms with Crippen molar-refractivity contribution >= 4 is 0 Å². The van der Waals surface area contributed by atoms with Crippen LogP contribution < -0.4 is 4.74 Å². The first kappa shape index (κ1) is 17.9. The second kappa shape index (κ2) is 8.99. The maximum atomic E-state index is 6.33. The summed E-state index contributed by atoms with van der Waals surface area (Å²) >= 11 is 0. The maximum Gasteiger partial charge on any atom is 0.137 e. The average Bonchev–Trinajstić information content (AvgIpc) is 3.04. The van der Waals surface area contributed by atoms with Crippen LogP contribution in [0, 0.1) is 0 Å². The van der Waals surface area contributed by atoms with Crippen molar-refractivity contribution in [3.8, 4) is 5.75 Å². The summed E-state index contributed by atoms with van der Waals surface area (Å²) in [4.78, 5) is 4.66. The van der Waals surface area contributed by atoms with Gasteiger partial charge in [0.05, 0.1) is 0 Å². The van der Waals surface area contributed by atoms with Gasteiger partial charge in [-0.2, -0.15) is 0 Å². The molecule has 0 radical (unpaired) electrons. The molecule has 0 spiro atoms. The van der Waals surface area contributed by atoms with E-state index in [2.05, 4.69) is 48.2 Å². The van der Waals surface area contributed by atoms with Gasteiger partial charge in [0, 0.05) is 13.1 Å². The van der Waals surface area contributed by atoms with Crippen molar-refractivity contribution in [3.63, 3.8) is 0 Å². The van der Waals surface area contributed by atoms with Crippen LogP contribution in [0.5, 0.6) is 5.75 Å². The van der Waals surface area contributed by atoms with Crippen molar-refractivity contribution in [3.05, 3.63) is 66.2 Å². The molecule has 1 heterocycles. The maximum absolute atomic E-state index is 6.33. The second-order valence-electron chi connectivity index (χ2n) is 6.80. The minimum absolute atomic E-state index is 0.0211. The van der Waals surface area contributed by atoms with Gasteiger partial charge in [0.1, 0.15) is 24.7 Å². The Labute approximate surface area is 151 Å². The van der Waals surface area contributed by atoms with Crippen LogP contribution in [-0.2, 0) is 4.74 Å². The molecule has 0 N–H and O–H groups in total. The second-order valence-corrected chi connectivity index (χ2v) is 6.80. The smallest absolute Gasteiger partial charge is 0.137 e. The van der Waals surface area contributed by atoms with Crippen molar-refractivity contribution < 1.29 is 9.47 Å². The fraction of sp³-hybridized carbons (Fsp3) is 0.429. The Kier molecular flexibility index (Phi) is 6.45. The van der Waals surface area contributed by atoms with E-state index >= 15 is 0 Å². The molecule has 4 heteroatoms. The monoisotopic (exact) mass is 340 g/mol. The van der Waals surface area contributed by atoms with Crippen LogP contribution in [0.15, 0.2) is 60.7 Å². The summed E-state index contributed by atoms with van der Waals surface area (Å²) in [6, 6.07) is 20.4. The van der Waals surface area contributed by atoms with Gasteiger partial charge in [-0.05, 0) is 44.8 Å². The fourth-order valence-electron chi connectivity index (χ4n) is 3.17. The summed E-state index contributed by atoms with van der Waals surface area (Å²) in [7, 11) is 4.23. The van der Waals surface area contributed by atoms with Crippen LogP contribution in [0.2, 0.25) is 0 Å². The highest BCUT2D eigenvalue weighted by molar-refractivity contribution is 5.21. The lowest BCUT2D eigenvalue weighted by Crippen LogP contribution is -2.29. The number of benzene rings is 2. The lowest BCUT2D eigenvalue weighted by Gasteiger charge is -2.23. The van der Waals surface area contributed by atoms with Crippen LogP contribution >= 0.6 is 0 Å². The van der Waals surface area contributed by atoms with E-state index in [1.54, 1.807) is 0 Å². The minimum atomic E-state index is 0.0211. The molecule has 2 aromatic rings. The zero-order chi connectivity index (χ0) is 17.5. The molecule has 1 fully saturated rings. The molecule has 1 saturated heterocycles. The molecule has 0 amide bonds. The van der Waals surface area contributed by atoms with E-state index in [0.717, 1.165) is 31.8 Å². The van der Waals surface area contributed by atoms with Crippen molar-refractivity contribution in [1.29, 1.82) is 0 Å². The molecule has 3 rings (SSSR count). The zero-order valence-electron chi connectivity index (χ0n) is 15.2. The SMILES string of the molecule is CN(C)CCCN1CC(COc2ccccc2)OC1c1ccccc1. The highest BCUT2D eigenvalue weighted by atomic mass is 16.6. The quantitative estimate of drug-likeness (QED) is 0.735. The predicted molar refractivity (Wildman–Crippen MR) is 101 cm³/mol. The largest absolute Gasteiger partial charge is 0.491 e. The number of para-hydroxylation sites is 1. The molecular formula is C21H28N2O2. The van der Waals surface area contributed by atoms with E-state index < -0.39 is 0 Å². The lowest BCUT2D eigenvalue weighted by molar-refractivity contribution is -0.0164. The van der Waals surface area contributed by atoms with Crippen LogP contribution in [0.1, 0.15) is 18.2 Å². The number of rotatable bonds is 8. The number of ether oxygens (including phenoxy) is 2. The molecular weight excluding hydrogens is 312 g/mol. The van der Waals surface area contributed by atoms with Crippen LogP contribution in [0.25, 0.3) is 0 Å². The molecule has 2 aromatic carbocycles. The first-order valence-corrected chi connectivity index (χ1v) is 8.99. The third-order valence-electron chi connectivity index (χ3n) is 4.41. The van der Waals surface area contributed by atoms with Crippen LogP contribution in [0.3, 0.4) is 0 Å². The third kappa shape index (κ3) is 5.30. The number of hydrogen-bond acceptors (Lipinski definition) is 4. The fourth-order valence-corrected chi connectivity index (χ4v) is 3.17. The van der Waals surface area contributed by atoms with E-state index in [1.807, 2.05) is 36.4 Å². The first-order chi connectivity index (χ1) is 12.2. The van der Waals surface area contributed by atoms with Crippen molar-refractivity contribution in [2.45, 2.75) is 18.8 Å². The Morgan fingerprint density at radius 3 is 2.40 bits per heavy atom. The van der Waals surface area contributed by atoms with E-state index in [-0.39, 0.29) is 12.3 Å². The molecule has 25 heavy (non-hydrogen) atoms. The minimum Gasteiger partial charge on any atom is -0.491 e. The summed E-state index contributed by atoms with van der Waals surface area (Å²) in [6.45, 7) is 3.60. The molecule has 2 atom stereocenters. The molecule has 2 unspecified atom stereocenters. The Balaban J connectivity index is 1.60. The Morgan fingerprint density at radius 1 is 1.04 bits per heavy atom.